The average molecular weight is 337 g/mol. The zero-order chi connectivity index (χ0) is 17.4. The maximum absolute atomic E-state index is 12.3. The average Bonchev–Trinajstić information content (AvgIpc) is 3.37. The van der Waals surface area contributed by atoms with Gasteiger partial charge in [0.1, 0.15) is 0 Å². The number of hydrogen-bond donors (Lipinski definition) is 3. The minimum atomic E-state index is -0.540. The molecule has 126 valence electrons. The Kier molecular flexibility index (Phi) is 3.61. The second-order valence-corrected chi connectivity index (χ2v) is 6.02. The molecule has 0 radical (unpaired) electrons. The molecule has 7 nitrogen and oxygen atoms in total. The second kappa shape index (κ2) is 5.94. The van der Waals surface area contributed by atoms with Crippen LogP contribution >= 0.6 is 0 Å². The van der Waals surface area contributed by atoms with Crippen LogP contribution < -0.4 is 16.4 Å². The zero-order valence-electron chi connectivity index (χ0n) is 13.2. The lowest BCUT2D eigenvalue weighted by atomic mass is 10.2. The van der Waals surface area contributed by atoms with Crippen LogP contribution in [0.25, 0.3) is 11.1 Å². The highest BCUT2D eigenvalue weighted by molar-refractivity contribution is 6.05. The highest BCUT2D eigenvalue weighted by Gasteiger charge is 2.29. The molecule has 7 heteroatoms. The molecule has 3 aromatic rings. The molecule has 0 spiro atoms. The van der Waals surface area contributed by atoms with Crippen LogP contribution in [0.2, 0.25) is 0 Å². The minimum absolute atomic E-state index is 0.0274. The summed E-state index contributed by atoms with van der Waals surface area (Å²) in [6.07, 6.45) is 1.89. The van der Waals surface area contributed by atoms with Gasteiger partial charge in [-0.25, -0.2) is 4.79 Å². The molecule has 1 aliphatic carbocycles. The first kappa shape index (κ1) is 15.2. The molecule has 1 fully saturated rings. The maximum Gasteiger partial charge on any atom is 0.417 e. The summed E-state index contributed by atoms with van der Waals surface area (Å²) >= 11 is 0. The third kappa shape index (κ3) is 3.30. The van der Waals surface area contributed by atoms with Crippen molar-refractivity contribution in [1.82, 2.24) is 4.98 Å². The third-order valence-electron chi connectivity index (χ3n) is 4.04. The SMILES string of the molecule is O=C(Nc1ccc2oc(=O)[nH]c2c1)c1ccc(NC(=O)C2CC2)cc1. The largest absolute Gasteiger partial charge is 0.417 e. The molecule has 2 amide bonds. The lowest BCUT2D eigenvalue weighted by Gasteiger charge is -2.07. The minimum Gasteiger partial charge on any atom is -0.408 e. The van der Waals surface area contributed by atoms with Crippen LogP contribution in [-0.2, 0) is 4.79 Å². The van der Waals surface area contributed by atoms with Crippen molar-refractivity contribution >= 4 is 34.3 Å². The van der Waals surface area contributed by atoms with Gasteiger partial charge in [-0.3, -0.25) is 14.6 Å². The molecule has 3 N–H and O–H groups in total. The maximum atomic E-state index is 12.3. The number of H-pyrrole nitrogens is 1. The van der Waals surface area contributed by atoms with E-state index >= 15 is 0 Å². The van der Waals surface area contributed by atoms with E-state index in [1.54, 1.807) is 42.5 Å². The van der Waals surface area contributed by atoms with Gasteiger partial charge in [-0.05, 0) is 55.3 Å². The summed E-state index contributed by atoms with van der Waals surface area (Å²) in [5.74, 6) is -0.667. The van der Waals surface area contributed by atoms with E-state index in [1.807, 2.05) is 0 Å². The topological polar surface area (TPSA) is 104 Å². The fourth-order valence-corrected chi connectivity index (χ4v) is 2.53. The van der Waals surface area contributed by atoms with E-state index in [0.29, 0.717) is 28.0 Å². The molecule has 0 unspecified atom stereocenters. The van der Waals surface area contributed by atoms with Crippen LogP contribution in [0, 0.1) is 5.92 Å². The van der Waals surface area contributed by atoms with Gasteiger partial charge in [0, 0.05) is 22.9 Å². The Hall–Kier alpha value is -3.35. The van der Waals surface area contributed by atoms with E-state index in [0.717, 1.165) is 12.8 Å². The Bertz CT molecular complexity index is 1010. The van der Waals surface area contributed by atoms with Gasteiger partial charge in [0.15, 0.2) is 5.58 Å². The van der Waals surface area contributed by atoms with Gasteiger partial charge in [0.2, 0.25) is 5.91 Å². The number of benzene rings is 2. The molecule has 0 atom stereocenters. The first-order chi connectivity index (χ1) is 12.1. The second-order valence-electron chi connectivity index (χ2n) is 6.02. The van der Waals surface area contributed by atoms with Crippen LogP contribution in [0.4, 0.5) is 11.4 Å². The summed E-state index contributed by atoms with van der Waals surface area (Å²) in [7, 11) is 0. The summed E-state index contributed by atoms with van der Waals surface area (Å²) in [6, 6.07) is 11.6. The lowest BCUT2D eigenvalue weighted by Crippen LogP contribution is -2.14. The molecule has 1 aliphatic rings. The number of carbonyl (C=O) groups excluding carboxylic acids is 2. The van der Waals surface area contributed by atoms with E-state index in [-0.39, 0.29) is 17.7 Å². The van der Waals surface area contributed by atoms with Crippen molar-refractivity contribution in [1.29, 1.82) is 0 Å². The molecule has 25 heavy (non-hydrogen) atoms. The number of rotatable bonds is 4. The monoisotopic (exact) mass is 337 g/mol. The Morgan fingerprint density at radius 2 is 1.72 bits per heavy atom. The summed E-state index contributed by atoms with van der Waals surface area (Å²) in [4.78, 5) is 37.7. The van der Waals surface area contributed by atoms with E-state index < -0.39 is 5.76 Å². The van der Waals surface area contributed by atoms with Crippen LogP contribution in [0.5, 0.6) is 0 Å². The molecule has 0 saturated heterocycles. The van der Waals surface area contributed by atoms with Gasteiger partial charge in [-0.2, -0.15) is 0 Å². The summed E-state index contributed by atoms with van der Waals surface area (Å²) < 4.78 is 4.92. The van der Waals surface area contributed by atoms with Crippen molar-refractivity contribution in [3.8, 4) is 0 Å². The highest BCUT2D eigenvalue weighted by Crippen LogP contribution is 2.30. The molecule has 0 bridgehead atoms. The predicted molar refractivity (Wildman–Crippen MR) is 92.6 cm³/mol. The Morgan fingerprint density at radius 3 is 2.44 bits per heavy atom. The van der Waals surface area contributed by atoms with Gasteiger partial charge in [0.25, 0.3) is 5.91 Å². The number of carbonyl (C=O) groups is 2. The van der Waals surface area contributed by atoms with Crippen molar-refractivity contribution in [2.75, 3.05) is 10.6 Å². The summed E-state index contributed by atoms with van der Waals surface area (Å²) in [6.45, 7) is 0. The van der Waals surface area contributed by atoms with Crippen molar-refractivity contribution in [3.05, 3.63) is 58.6 Å². The van der Waals surface area contributed by atoms with Gasteiger partial charge >= 0.3 is 5.76 Å². The number of anilines is 2. The molecule has 0 aliphatic heterocycles. The molecule has 1 aromatic heterocycles. The number of aromatic amines is 1. The Morgan fingerprint density at radius 1 is 1.00 bits per heavy atom. The van der Waals surface area contributed by atoms with Gasteiger partial charge < -0.3 is 15.1 Å². The fraction of sp³-hybridized carbons (Fsp3) is 0.167. The number of oxazole rings is 1. The van der Waals surface area contributed by atoms with Gasteiger partial charge in [-0.1, -0.05) is 0 Å². The van der Waals surface area contributed by atoms with E-state index in [1.165, 1.54) is 0 Å². The smallest absolute Gasteiger partial charge is 0.408 e. The molecule has 1 saturated carbocycles. The number of amides is 2. The van der Waals surface area contributed by atoms with Crippen LogP contribution in [0.1, 0.15) is 23.2 Å². The van der Waals surface area contributed by atoms with Crippen LogP contribution in [-0.4, -0.2) is 16.8 Å². The lowest BCUT2D eigenvalue weighted by molar-refractivity contribution is -0.117. The van der Waals surface area contributed by atoms with Crippen molar-refractivity contribution in [2.45, 2.75) is 12.8 Å². The van der Waals surface area contributed by atoms with Crippen LogP contribution in [0.15, 0.2) is 51.7 Å². The first-order valence-electron chi connectivity index (χ1n) is 7.94. The van der Waals surface area contributed by atoms with E-state index in [4.69, 9.17) is 4.42 Å². The Balaban J connectivity index is 1.45. The zero-order valence-corrected chi connectivity index (χ0v) is 13.2. The molecular weight excluding hydrogens is 322 g/mol. The fourth-order valence-electron chi connectivity index (χ4n) is 2.53. The number of nitrogens with one attached hydrogen (secondary N) is 3. The number of fused-ring (bicyclic) bond motifs is 1. The third-order valence-corrected chi connectivity index (χ3v) is 4.04. The van der Waals surface area contributed by atoms with Crippen LogP contribution in [0.3, 0.4) is 0 Å². The molecule has 2 aromatic carbocycles. The predicted octanol–water partition coefficient (Wildman–Crippen LogP) is 2.72. The number of aromatic nitrogens is 1. The summed E-state index contributed by atoms with van der Waals surface area (Å²) in [5, 5.41) is 5.59. The quantitative estimate of drug-likeness (QED) is 0.681. The molecular formula is C18H15N3O4. The van der Waals surface area contributed by atoms with Gasteiger partial charge in [-0.15, -0.1) is 0 Å². The summed E-state index contributed by atoms with van der Waals surface area (Å²) in [5.41, 5.74) is 2.62. The van der Waals surface area contributed by atoms with Crippen molar-refractivity contribution in [3.63, 3.8) is 0 Å². The van der Waals surface area contributed by atoms with E-state index in [2.05, 4.69) is 15.6 Å². The molecule has 1 heterocycles. The molecule has 4 rings (SSSR count). The highest BCUT2D eigenvalue weighted by atomic mass is 16.4. The number of hydrogen-bond acceptors (Lipinski definition) is 4. The van der Waals surface area contributed by atoms with Gasteiger partial charge in [0.05, 0.1) is 5.52 Å². The standard InChI is InChI=1S/C18H15N3O4/c22-16(10-1-2-10)19-12-5-3-11(4-6-12)17(23)20-13-7-8-15-14(9-13)21-18(24)25-15/h3-10H,1-2H2,(H,19,22)(H,20,23)(H,21,24). The Labute approximate surface area is 142 Å². The first-order valence-corrected chi connectivity index (χ1v) is 7.94. The normalized spacial score (nSPS) is 13.6. The van der Waals surface area contributed by atoms with E-state index in [9.17, 15) is 14.4 Å². The van der Waals surface area contributed by atoms with Crippen molar-refractivity contribution in [2.24, 2.45) is 5.92 Å². The van der Waals surface area contributed by atoms with Crippen molar-refractivity contribution < 1.29 is 14.0 Å².